The van der Waals surface area contributed by atoms with Crippen LogP contribution in [-0.4, -0.2) is 46.1 Å². The second kappa shape index (κ2) is 5.41. The van der Waals surface area contributed by atoms with E-state index in [1.807, 2.05) is 11.8 Å². The summed E-state index contributed by atoms with van der Waals surface area (Å²) in [4.78, 5) is 13.6. The van der Waals surface area contributed by atoms with Crippen molar-refractivity contribution >= 4 is 17.7 Å². The highest BCUT2D eigenvalue weighted by Gasteiger charge is 2.40. The quantitative estimate of drug-likeness (QED) is 0.825. The summed E-state index contributed by atoms with van der Waals surface area (Å²) in [6.07, 6.45) is 6.26. The molecular formula is C12H21NO2S. The van der Waals surface area contributed by atoms with Gasteiger partial charge in [0.1, 0.15) is 0 Å². The number of aliphatic carboxylic acids is 1. The Morgan fingerprint density at radius 2 is 1.81 bits per heavy atom. The first-order valence-corrected chi connectivity index (χ1v) is 7.43. The number of hydrogen-bond acceptors (Lipinski definition) is 3. The highest BCUT2D eigenvalue weighted by Crippen LogP contribution is 2.37. The number of carboxylic acids is 1. The molecule has 2 heterocycles. The van der Waals surface area contributed by atoms with E-state index in [0.717, 1.165) is 37.4 Å². The summed E-state index contributed by atoms with van der Waals surface area (Å²) in [5, 5.41) is 9.13. The van der Waals surface area contributed by atoms with Gasteiger partial charge in [0, 0.05) is 5.54 Å². The van der Waals surface area contributed by atoms with Crippen LogP contribution in [0.2, 0.25) is 0 Å². The zero-order valence-corrected chi connectivity index (χ0v) is 10.6. The third-order valence-corrected chi connectivity index (χ3v) is 4.92. The van der Waals surface area contributed by atoms with Gasteiger partial charge in [-0.05, 0) is 50.3 Å². The lowest BCUT2D eigenvalue weighted by molar-refractivity contribution is -0.141. The van der Waals surface area contributed by atoms with Crippen LogP contribution in [0.1, 0.15) is 38.5 Å². The lowest BCUT2D eigenvalue weighted by Crippen LogP contribution is -2.54. The van der Waals surface area contributed by atoms with Crippen molar-refractivity contribution in [2.45, 2.75) is 44.1 Å². The van der Waals surface area contributed by atoms with E-state index in [1.54, 1.807) is 0 Å². The molecule has 0 aromatic carbocycles. The largest absolute Gasteiger partial charge is 0.481 e. The Morgan fingerprint density at radius 1 is 1.19 bits per heavy atom. The molecule has 2 saturated heterocycles. The molecule has 1 N–H and O–H groups in total. The zero-order chi connectivity index (χ0) is 11.4. The molecule has 16 heavy (non-hydrogen) atoms. The molecule has 2 aliphatic heterocycles. The van der Waals surface area contributed by atoms with Gasteiger partial charge < -0.3 is 5.11 Å². The number of thioether (sulfide) groups is 1. The molecule has 0 aromatic rings. The van der Waals surface area contributed by atoms with Gasteiger partial charge in [0.2, 0.25) is 0 Å². The summed E-state index contributed by atoms with van der Waals surface area (Å²) in [6.45, 7) is 2.22. The van der Waals surface area contributed by atoms with Gasteiger partial charge in [-0.1, -0.05) is 6.42 Å². The Kier molecular flexibility index (Phi) is 4.14. The summed E-state index contributed by atoms with van der Waals surface area (Å²) in [5.74, 6) is 1.63. The highest BCUT2D eigenvalue weighted by molar-refractivity contribution is 7.99. The average Bonchev–Trinajstić information content (AvgIpc) is 2.30. The van der Waals surface area contributed by atoms with Gasteiger partial charge in [-0.25, -0.2) is 0 Å². The molecule has 0 unspecified atom stereocenters. The van der Waals surface area contributed by atoms with Crippen molar-refractivity contribution in [3.05, 3.63) is 0 Å². The van der Waals surface area contributed by atoms with Crippen LogP contribution in [0.3, 0.4) is 0 Å². The monoisotopic (exact) mass is 243 g/mol. The van der Waals surface area contributed by atoms with Crippen LogP contribution >= 0.6 is 11.8 Å². The third-order valence-electron chi connectivity index (χ3n) is 3.93. The number of carboxylic acid groups (broad SMARTS) is 1. The minimum Gasteiger partial charge on any atom is -0.481 e. The van der Waals surface area contributed by atoms with E-state index in [1.165, 1.54) is 19.3 Å². The average molecular weight is 243 g/mol. The molecule has 0 atom stereocenters. The van der Waals surface area contributed by atoms with Gasteiger partial charge in [-0.3, -0.25) is 9.69 Å². The Hall–Kier alpha value is -0.220. The number of piperidine rings is 1. The number of likely N-dealkylation sites (tertiary alicyclic amines) is 1. The molecule has 0 aliphatic carbocycles. The van der Waals surface area contributed by atoms with Crippen LogP contribution in [0.25, 0.3) is 0 Å². The lowest BCUT2D eigenvalue weighted by Gasteiger charge is -2.47. The first kappa shape index (κ1) is 12.2. The van der Waals surface area contributed by atoms with Gasteiger partial charge in [0.05, 0.1) is 6.42 Å². The molecular weight excluding hydrogens is 222 g/mol. The van der Waals surface area contributed by atoms with Crippen molar-refractivity contribution in [3.63, 3.8) is 0 Å². The number of nitrogens with zero attached hydrogens (tertiary/aromatic N) is 1. The Balaban J connectivity index is 2.07. The van der Waals surface area contributed by atoms with E-state index in [-0.39, 0.29) is 5.54 Å². The van der Waals surface area contributed by atoms with Crippen molar-refractivity contribution < 1.29 is 9.90 Å². The normalized spacial score (nSPS) is 26.5. The van der Waals surface area contributed by atoms with E-state index in [2.05, 4.69) is 4.90 Å². The molecule has 0 amide bonds. The fourth-order valence-electron chi connectivity index (χ4n) is 3.01. The summed E-state index contributed by atoms with van der Waals surface area (Å²) in [6, 6.07) is 0. The van der Waals surface area contributed by atoms with Gasteiger partial charge in [0.25, 0.3) is 0 Å². The van der Waals surface area contributed by atoms with Crippen molar-refractivity contribution in [2.75, 3.05) is 24.6 Å². The first-order chi connectivity index (χ1) is 7.73. The molecule has 0 aromatic heterocycles. The highest BCUT2D eigenvalue weighted by atomic mass is 32.2. The van der Waals surface area contributed by atoms with Gasteiger partial charge in [0.15, 0.2) is 0 Å². The van der Waals surface area contributed by atoms with Crippen molar-refractivity contribution in [3.8, 4) is 0 Å². The second-order valence-corrected chi connectivity index (χ2v) is 6.18. The molecule has 0 bridgehead atoms. The molecule has 0 saturated carbocycles. The smallest absolute Gasteiger partial charge is 0.305 e. The summed E-state index contributed by atoms with van der Waals surface area (Å²) in [7, 11) is 0. The van der Waals surface area contributed by atoms with Crippen LogP contribution in [-0.2, 0) is 4.79 Å². The number of hydrogen-bond donors (Lipinski definition) is 1. The fourth-order valence-corrected chi connectivity index (χ4v) is 4.26. The summed E-state index contributed by atoms with van der Waals surface area (Å²) < 4.78 is 0. The predicted molar refractivity (Wildman–Crippen MR) is 67.0 cm³/mol. The molecule has 92 valence electrons. The topological polar surface area (TPSA) is 40.5 Å². The summed E-state index contributed by atoms with van der Waals surface area (Å²) >= 11 is 1.97. The molecule has 3 nitrogen and oxygen atoms in total. The minimum absolute atomic E-state index is 0.0164. The Bertz CT molecular complexity index is 245. The maximum Gasteiger partial charge on any atom is 0.305 e. The number of rotatable bonds is 3. The molecule has 4 heteroatoms. The SMILES string of the molecule is O=C(O)CC1(N2CCCCC2)CCSCC1. The Morgan fingerprint density at radius 3 is 2.38 bits per heavy atom. The van der Waals surface area contributed by atoms with Crippen LogP contribution in [0, 0.1) is 0 Å². The predicted octanol–water partition coefficient (Wildman–Crippen LogP) is 2.21. The van der Waals surface area contributed by atoms with Crippen molar-refractivity contribution in [1.82, 2.24) is 4.90 Å². The van der Waals surface area contributed by atoms with Crippen LogP contribution in [0.5, 0.6) is 0 Å². The summed E-state index contributed by atoms with van der Waals surface area (Å²) in [5.41, 5.74) is -0.0164. The zero-order valence-electron chi connectivity index (χ0n) is 9.78. The van der Waals surface area contributed by atoms with E-state index < -0.39 is 5.97 Å². The van der Waals surface area contributed by atoms with Crippen molar-refractivity contribution in [1.29, 1.82) is 0 Å². The standard InChI is InChI=1S/C12H21NO2S/c14-11(15)10-12(4-8-16-9-5-12)13-6-2-1-3-7-13/h1-10H2,(H,14,15). The van der Waals surface area contributed by atoms with Gasteiger partial charge >= 0.3 is 5.97 Å². The van der Waals surface area contributed by atoms with Gasteiger partial charge in [-0.2, -0.15) is 11.8 Å². The fraction of sp³-hybridized carbons (Fsp3) is 0.917. The van der Waals surface area contributed by atoms with Crippen molar-refractivity contribution in [2.24, 2.45) is 0 Å². The van der Waals surface area contributed by atoms with E-state index in [4.69, 9.17) is 5.11 Å². The molecule has 2 aliphatic rings. The van der Waals surface area contributed by atoms with E-state index >= 15 is 0 Å². The minimum atomic E-state index is -0.627. The second-order valence-electron chi connectivity index (χ2n) is 4.95. The third kappa shape index (κ3) is 2.72. The maximum absolute atomic E-state index is 11.1. The van der Waals surface area contributed by atoms with E-state index in [9.17, 15) is 4.79 Å². The van der Waals surface area contributed by atoms with Gasteiger partial charge in [-0.15, -0.1) is 0 Å². The van der Waals surface area contributed by atoms with Crippen LogP contribution in [0.4, 0.5) is 0 Å². The van der Waals surface area contributed by atoms with Crippen LogP contribution in [0.15, 0.2) is 0 Å². The Labute approximate surface area is 102 Å². The van der Waals surface area contributed by atoms with Crippen LogP contribution < -0.4 is 0 Å². The molecule has 0 radical (unpaired) electrons. The molecule has 2 rings (SSSR count). The molecule has 2 fully saturated rings. The lowest BCUT2D eigenvalue weighted by atomic mass is 9.85. The van der Waals surface area contributed by atoms with E-state index in [0.29, 0.717) is 6.42 Å². The molecule has 0 spiro atoms. The first-order valence-electron chi connectivity index (χ1n) is 6.28. The maximum atomic E-state index is 11.1. The number of carbonyl (C=O) groups is 1.